The first-order valence-electron chi connectivity index (χ1n) is 7.47. The number of aromatic nitrogens is 4. The standard InChI is InChI=1S/C16H19N5OS/c1-11(2)16-19-14(20-22-16)10-21(3)9-12-7-17-15(18-8-12)13-5-4-6-23-13/h4-8,11H,9-10H2,1-3H3. The van der Waals surface area contributed by atoms with E-state index in [9.17, 15) is 0 Å². The highest BCUT2D eigenvalue weighted by molar-refractivity contribution is 7.13. The van der Waals surface area contributed by atoms with Gasteiger partial charge in [0, 0.05) is 30.4 Å². The van der Waals surface area contributed by atoms with Crippen molar-refractivity contribution in [3.63, 3.8) is 0 Å². The molecule has 0 amide bonds. The molecule has 120 valence electrons. The Morgan fingerprint density at radius 3 is 2.61 bits per heavy atom. The van der Waals surface area contributed by atoms with Crippen LogP contribution in [-0.2, 0) is 13.1 Å². The summed E-state index contributed by atoms with van der Waals surface area (Å²) in [6, 6.07) is 4.02. The summed E-state index contributed by atoms with van der Waals surface area (Å²) in [7, 11) is 2.01. The van der Waals surface area contributed by atoms with E-state index in [4.69, 9.17) is 4.52 Å². The summed E-state index contributed by atoms with van der Waals surface area (Å²) in [5, 5.41) is 6.03. The Hall–Kier alpha value is -2.12. The number of rotatable bonds is 6. The van der Waals surface area contributed by atoms with Gasteiger partial charge in [-0.2, -0.15) is 4.98 Å². The first kappa shape index (κ1) is 15.8. The monoisotopic (exact) mass is 329 g/mol. The van der Waals surface area contributed by atoms with Gasteiger partial charge >= 0.3 is 0 Å². The number of hydrogen-bond acceptors (Lipinski definition) is 7. The summed E-state index contributed by atoms with van der Waals surface area (Å²) >= 11 is 1.64. The van der Waals surface area contributed by atoms with E-state index >= 15 is 0 Å². The minimum absolute atomic E-state index is 0.250. The van der Waals surface area contributed by atoms with Crippen molar-refractivity contribution in [3.05, 3.63) is 47.2 Å². The zero-order valence-corrected chi connectivity index (χ0v) is 14.2. The van der Waals surface area contributed by atoms with E-state index in [0.717, 1.165) is 22.8 Å². The van der Waals surface area contributed by atoms with Crippen LogP contribution in [0.4, 0.5) is 0 Å². The van der Waals surface area contributed by atoms with Gasteiger partial charge in [-0.3, -0.25) is 4.90 Å². The van der Waals surface area contributed by atoms with Crippen LogP contribution in [0.5, 0.6) is 0 Å². The molecule has 6 nitrogen and oxygen atoms in total. The van der Waals surface area contributed by atoms with Crippen LogP contribution in [0, 0.1) is 0 Å². The van der Waals surface area contributed by atoms with Gasteiger partial charge in [-0.15, -0.1) is 11.3 Å². The van der Waals surface area contributed by atoms with E-state index in [1.165, 1.54) is 0 Å². The molecule has 3 rings (SSSR count). The number of thiophene rings is 1. The molecule has 0 aliphatic rings. The average molecular weight is 329 g/mol. The Labute approximate surface area is 139 Å². The van der Waals surface area contributed by atoms with Gasteiger partial charge in [0.05, 0.1) is 11.4 Å². The quantitative estimate of drug-likeness (QED) is 0.691. The lowest BCUT2D eigenvalue weighted by atomic mass is 10.2. The van der Waals surface area contributed by atoms with E-state index in [0.29, 0.717) is 18.3 Å². The van der Waals surface area contributed by atoms with E-state index in [-0.39, 0.29) is 5.92 Å². The predicted molar refractivity (Wildman–Crippen MR) is 88.9 cm³/mol. The average Bonchev–Trinajstić information content (AvgIpc) is 3.19. The first-order chi connectivity index (χ1) is 11.1. The van der Waals surface area contributed by atoms with Crippen LogP contribution < -0.4 is 0 Å². The summed E-state index contributed by atoms with van der Waals surface area (Å²) in [4.78, 5) is 16.4. The van der Waals surface area contributed by atoms with Crippen molar-refractivity contribution in [1.82, 2.24) is 25.0 Å². The molecular weight excluding hydrogens is 310 g/mol. The summed E-state index contributed by atoms with van der Waals surface area (Å²) in [5.41, 5.74) is 1.06. The van der Waals surface area contributed by atoms with Crippen LogP contribution in [0.15, 0.2) is 34.4 Å². The molecule has 0 aliphatic heterocycles. The third kappa shape index (κ3) is 4.00. The van der Waals surface area contributed by atoms with Gasteiger partial charge in [-0.05, 0) is 18.5 Å². The van der Waals surface area contributed by atoms with Gasteiger partial charge in [0.25, 0.3) is 0 Å². The van der Waals surface area contributed by atoms with Gasteiger partial charge in [0.2, 0.25) is 5.89 Å². The third-order valence-corrected chi connectivity index (χ3v) is 4.15. The Balaban J connectivity index is 1.60. The van der Waals surface area contributed by atoms with Crippen LogP contribution in [0.1, 0.15) is 37.0 Å². The van der Waals surface area contributed by atoms with E-state index in [2.05, 4.69) is 25.0 Å². The summed E-state index contributed by atoms with van der Waals surface area (Å²) in [6.45, 7) is 5.43. The molecule has 0 N–H and O–H groups in total. The van der Waals surface area contributed by atoms with Crippen molar-refractivity contribution in [2.24, 2.45) is 0 Å². The van der Waals surface area contributed by atoms with Crippen molar-refractivity contribution >= 4 is 11.3 Å². The molecule has 0 atom stereocenters. The third-order valence-electron chi connectivity index (χ3n) is 3.29. The van der Waals surface area contributed by atoms with Gasteiger partial charge in [0.1, 0.15) is 0 Å². The molecule has 0 saturated carbocycles. The van der Waals surface area contributed by atoms with Crippen LogP contribution >= 0.6 is 11.3 Å². The smallest absolute Gasteiger partial charge is 0.229 e. The SMILES string of the molecule is CC(C)c1nc(CN(C)Cc2cnc(-c3cccs3)nc2)no1. The van der Waals surface area contributed by atoms with E-state index < -0.39 is 0 Å². The lowest BCUT2D eigenvalue weighted by Gasteiger charge is -2.13. The number of hydrogen-bond donors (Lipinski definition) is 0. The van der Waals surface area contributed by atoms with Crippen LogP contribution in [0.3, 0.4) is 0 Å². The van der Waals surface area contributed by atoms with Crippen LogP contribution in [0.2, 0.25) is 0 Å². The lowest BCUT2D eigenvalue weighted by Crippen LogP contribution is -2.18. The molecule has 7 heteroatoms. The molecule has 3 heterocycles. The first-order valence-corrected chi connectivity index (χ1v) is 8.35. The molecule has 0 fully saturated rings. The fraction of sp³-hybridized carbons (Fsp3) is 0.375. The molecule has 0 aliphatic carbocycles. The zero-order valence-electron chi connectivity index (χ0n) is 13.4. The number of nitrogens with zero attached hydrogens (tertiary/aromatic N) is 5. The highest BCUT2D eigenvalue weighted by atomic mass is 32.1. The molecule has 0 spiro atoms. The Kier molecular flexibility index (Phi) is 4.78. The molecule has 0 bridgehead atoms. The summed E-state index contributed by atoms with van der Waals surface area (Å²) in [6.07, 6.45) is 3.74. The molecule has 0 aromatic carbocycles. The minimum Gasteiger partial charge on any atom is -0.339 e. The maximum atomic E-state index is 5.22. The van der Waals surface area contributed by atoms with Gasteiger partial charge in [-0.25, -0.2) is 9.97 Å². The molecular formula is C16H19N5OS. The fourth-order valence-electron chi connectivity index (χ4n) is 2.14. The normalized spacial score (nSPS) is 11.5. The molecule has 0 radical (unpaired) electrons. The zero-order chi connectivity index (χ0) is 16.2. The second-order valence-corrected chi connectivity index (χ2v) is 6.72. The van der Waals surface area contributed by atoms with Crippen molar-refractivity contribution in [3.8, 4) is 10.7 Å². The van der Waals surface area contributed by atoms with Crippen molar-refractivity contribution < 1.29 is 4.52 Å². The Morgan fingerprint density at radius 1 is 1.22 bits per heavy atom. The van der Waals surface area contributed by atoms with E-state index in [1.807, 2.05) is 50.8 Å². The largest absolute Gasteiger partial charge is 0.339 e. The highest BCUT2D eigenvalue weighted by Crippen LogP contribution is 2.20. The topological polar surface area (TPSA) is 67.9 Å². The van der Waals surface area contributed by atoms with Crippen LogP contribution in [-0.4, -0.2) is 32.1 Å². The molecule has 0 unspecified atom stereocenters. The van der Waals surface area contributed by atoms with Crippen molar-refractivity contribution in [1.29, 1.82) is 0 Å². The van der Waals surface area contributed by atoms with Gasteiger partial charge in [0.15, 0.2) is 11.6 Å². The Bertz CT molecular complexity index is 736. The van der Waals surface area contributed by atoms with Gasteiger partial charge < -0.3 is 4.52 Å². The van der Waals surface area contributed by atoms with E-state index in [1.54, 1.807) is 11.3 Å². The lowest BCUT2D eigenvalue weighted by molar-refractivity contribution is 0.298. The maximum absolute atomic E-state index is 5.22. The van der Waals surface area contributed by atoms with Crippen molar-refractivity contribution in [2.45, 2.75) is 32.9 Å². The predicted octanol–water partition coefficient (Wildman–Crippen LogP) is 3.34. The maximum Gasteiger partial charge on any atom is 0.229 e. The Morgan fingerprint density at radius 2 is 2.00 bits per heavy atom. The van der Waals surface area contributed by atoms with Gasteiger partial charge in [-0.1, -0.05) is 25.1 Å². The molecule has 3 aromatic heterocycles. The summed E-state index contributed by atoms with van der Waals surface area (Å²) in [5.74, 6) is 2.40. The summed E-state index contributed by atoms with van der Waals surface area (Å²) < 4.78 is 5.22. The molecule has 3 aromatic rings. The highest BCUT2D eigenvalue weighted by Gasteiger charge is 2.12. The second-order valence-electron chi connectivity index (χ2n) is 5.77. The second kappa shape index (κ2) is 6.97. The fourth-order valence-corrected chi connectivity index (χ4v) is 2.82. The molecule has 0 saturated heterocycles. The van der Waals surface area contributed by atoms with Crippen molar-refractivity contribution in [2.75, 3.05) is 7.05 Å². The molecule has 23 heavy (non-hydrogen) atoms. The van der Waals surface area contributed by atoms with Crippen LogP contribution in [0.25, 0.3) is 10.7 Å². The minimum atomic E-state index is 0.250.